The molecular weight excluding hydrogens is 232 g/mol. The predicted octanol–water partition coefficient (Wildman–Crippen LogP) is 3.13. The Bertz CT molecular complexity index is 405. The Morgan fingerprint density at radius 1 is 1.16 bits per heavy atom. The molecule has 0 aromatic heterocycles. The maximum atomic E-state index is 6.54. The van der Waals surface area contributed by atoms with Crippen LogP contribution >= 0.6 is 0 Å². The Balaban J connectivity index is 2.05. The standard InChI is InChI=1S/C17H28N2/c1-14-9-5-6-10-15(14)13-16(18)17(2,3)19-11-7-4-8-12-19/h5-6,9-10,16H,4,7-8,11-13,18H2,1-3H3. The molecule has 0 saturated carbocycles. The maximum absolute atomic E-state index is 6.54. The van der Waals surface area contributed by atoms with E-state index in [9.17, 15) is 0 Å². The van der Waals surface area contributed by atoms with Gasteiger partial charge in [-0.15, -0.1) is 0 Å². The summed E-state index contributed by atoms with van der Waals surface area (Å²) in [6.45, 7) is 9.20. The van der Waals surface area contributed by atoms with Gasteiger partial charge < -0.3 is 5.73 Å². The van der Waals surface area contributed by atoms with Gasteiger partial charge in [0.15, 0.2) is 0 Å². The van der Waals surface area contributed by atoms with Crippen molar-refractivity contribution in [2.75, 3.05) is 13.1 Å². The lowest BCUT2D eigenvalue weighted by Crippen LogP contribution is -2.58. The van der Waals surface area contributed by atoms with Crippen LogP contribution in [0.2, 0.25) is 0 Å². The molecule has 2 rings (SSSR count). The normalized spacial score (nSPS) is 19.4. The molecular formula is C17H28N2. The molecule has 1 saturated heterocycles. The lowest BCUT2D eigenvalue weighted by molar-refractivity contribution is 0.0731. The Morgan fingerprint density at radius 2 is 1.79 bits per heavy atom. The van der Waals surface area contributed by atoms with Gasteiger partial charge in [0.05, 0.1) is 0 Å². The number of hydrogen-bond acceptors (Lipinski definition) is 2. The third kappa shape index (κ3) is 3.37. The average Bonchev–Trinajstić information content (AvgIpc) is 2.42. The van der Waals surface area contributed by atoms with E-state index in [0.29, 0.717) is 0 Å². The van der Waals surface area contributed by atoms with Crippen LogP contribution in [0.4, 0.5) is 0 Å². The van der Waals surface area contributed by atoms with Crippen molar-refractivity contribution in [2.45, 2.75) is 58.0 Å². The van der Waals surface area contributed by atoms with E-state index in [1.165, 1.54) is 43.5 Å². The van der Waals surface area contributed by atoms with Gasteiger partial charge in [-0.25, -0.2) is 0 Å². The molecule has 0 amide bonds. The highest BCUT2D eigenvalue weighted by Gasteiger charge is 2.33. The van der Waals surface area contributed by atoms with Crippen LogP contribution in [0.5, 0.6) is 0 Å². The molecule has 0 aliphatic carbocycles. The second kappa shape index (κ2) is 6.06. The first-order valence-electron chi connectivity index (χ1n) is 7.57. The van der Waals surface area contributed by atoms with Crippen molar-refractivity contribution in [1.82, 2.24) is 4.90 Å². The van der Waals surface area contributed by atoms with Gasteiger partial charge in [0, 0.05) is 11.6 Å². The van der Waals surface area contributed by atoms with Crippen LogP contribution in [0, 0.1) is 6.92 Å². The molecule has 2 N–H and O–H groups in total. The van der Waals surface area contributed by atoms with Crippen LogP contribution < -0.4 is 5.73 Å². The fourth-order valence-corrected chi connectivity index (χ4v) is 3.03. The van der Waals surface area contributed by atoms with Crippen molar-refractivity contribution < 1.29 is 0 Å². The molecule has 1 atom stereocenters. The van der Waals surface area contributed by atoms with Crippen LogP contribution in [0.25, 0.3) is 0 Å². The number of piperidine rings is 1. The molecule has 0 bridgehead atoms. The van der Waals surface area contributed by atoms with E-state index in [-0.39, 0.29) is 11.6 Å². The van der Waals surface area contributed by atoms with Gasteiger partial charge in [0.25, 0.3) is 0 Å². The number of likely N-dealkylation sites (tertiary alicyclic amines) is 1. The van der Waals surface area contributed by atoms with Crippen molar-refractivity contribution in [2.24, 2.45) is 5.73 Å². The van der Waals surface area contributed by atoms with Crippen molar-refractivity contribution in [3.63, 3.8) is 0 Å². The number of nitrogens with zero attached hydrogens (tertiary/aromatic N) is 1. The van der Waals surface area contributed by atoms with Gasteiger partial charge in [-0.05, 0) is 64.3 Å². The molecule has 2 heteroatoms. The van der Waals surface area contributed by atoms with Gasteiger partial charge >= 0.3 is 0 Å². The van der Waals surface area contributed by atoms with Gasteiger partial charge in [-0.3, -0.25) is 4.90 Å². The number of nitrogens with two attached hydrogens (primary N) is 1. The fourth-order valence-electron chi connectivity index (χ4n) is 3.03. The molecule has 1 heterocycles. The molecule has 106 valence electrons. The maximum Gasteiger partial charge on any atom is 0.0307 e. The molecule has 1 aromatic carbocycles. The Labute approximate surface area is 118 Å². The Hall–Kier alpha value is -0.860. The largest absolute Gasteiger partial charge is 0.326 e. The third-order valence-corrected chi connectivity index (χ3v) is 4.78. The summed E-state index contributed by atoms with van der Waals surface area (Å²) in [4.78, 5) is 2.58. The minimum atomic E-state index is 0.0860. The summed E-state index contributed by atoms with van der Waals surface area (Å²) in [6.07, 6.45) is 4.98. The zero-order valence-electron chi connectivity index (χ0n) is 12.7. The quantitative estimate of drug-likeness (QED) is 0.901. The van der Waals surface area contributed by atoms with Crippen LogP contribution in [0.3, 0.4) is 0 Å². The van der Waals surface area contributed by atoms with E-state index in [1.54, 1.807) is 0 Å². The lowest BCUT2D eigenvalue weighted by atomic mass is 9.86. The average molecular weight is 260 g/mol. The number of aryl methyl sites for hydroxylation is 1. The summed E-state index contributed by atoms with van der Waals surface area (Å²) in [6, 6.07) is 8.78. The van der Waals surface area contributed by atoms with E-state index < -0.39 is 0 Å². The highest BCUT2D eigenvalue weighted by molar-refractivity contribution is 5.27. The third-order valence-electron chi connectivity index (χ3n) is 4.78. The summed E-state index contributed by atoms with van der Waals surface area (Å²) < 4.78 is 0. The van der Waals surface area contributed by atoms with Crippen LogP contribution in [-0.2, 0) is 6.42 Å². The smallest absolute Gasteiger partial charge is 0.0307 e. The number of rotatable bonds is 4. The zero-order chi connectivity index (χ0) is 13.9. The topological polar surface area (TPSA) is 29.3 Å². The molecule has 1 aromatic rings. The van der Waals surface area contributed by atoms with Crippen molar-refractivity contribution in [3.8, 4) is 0 Å². The summed E-state index contributed by atoms with van der Waals surface area (Å²) >= 11 is 0. The first-order chi connectivity index (χ1) is 9.01. The summed E-state index contributed by atoms with van der Waals surface area (Å²) in [5.41, 5.74) is 9.37. The van der Waals surface area contributed by atoms with E-state index in [2.05, 4.69) is 49.9 Å². The summed E-state index contributed by atoms with van der Waals surface area (Å²) in [5.74, 6) is 0. The fraction of sp³-hybridized carbons (Fsp3) is 0.647. The molecule has 1 aliphatic rings. The monoisotopic (exact) mass is 260 g/mol. The second-order valence-electron chi connectivity index (χ2n) is 6.44. The molecule has 1 unspecified atom stereocenters. The highest BCUT2D eigenvalue weighted by atomic mass is 15.2. The molecule has 19 heavy (non-hydrogen) atoms. The van der Waals surface area contributed by atoms with E-state index in [0.717, 1.165) is 6.42 Å². The van der Waals surface area contributed by atoms with Gasteiger partial charge in [-0.2, -0.15) is 0 Å². The molecule has 2 nitrogen and oxygen atoms in total. The minimum Gasteiger partial charge on any atom is -0.326 e. The summed E-state index contributed by atoms with van der Waals surface area (Å²) in [7, 11) is 0. The van der Waals surface area contributed by atoms with E-state index in [4.69, 9.17) is 5.73 Å². The van der Waals surface area contributed by atoms with Crippen molar-refractivity contribution in [3.05, 3.63) is 35.4 Å². The Kier molecular flexibility index (Phi) is 4.64. The molecule has 0 radical (unpaired) electrons. The number of benzene rings is 1. The lowest BCUT2D eigenvalue weighted by Gasteiger charge is -2.45. The minimum absolute atomic E-state index is 0.0860. The molecule has 1 aliphatic heterocycles. The van der Waals surface area contributed by atoms with Crippen LogP contribution in [0.1, 0.15) is 44.2 Å². The van der Waals surface area contributed by atoms with Gasteiger partial charge in [0.2, 0.25) is 0 Å². The first-order valence-corrected chi connectivity index (χ1v) is 7.57. The second-order valence-corrected chi connectivity index (χ2v) is 6.44. The Morgan fingerprint density at radius 3 is 2.42 bits per heavy atom. The van der Waals surface area contributed by atoms with Gasteiger partial charge in [0.1, 0.15) is 0 Å². The SMILES string of the molecule is Cc1ccccc1CC(N)C(C)(C)N1CCCCC1. The first kappa shape index (κ1) is 14.5. The molecule has 1 fully saturated rings. The van der Waals surface area contributed by atoms with E-state index in [1.807, 2.05) is 0 Å². The predicted molar refractivity (Wildman–Crippen MR) is 82.4 cm³/mol. The number of hydrogen-bond donors (Lipinski definition) is 1. The van der Waals surface area contributed by atoms with Crippen molar-refractivity contribution in [1.29, 1.82) is 0 Å². The van der Waals surface area contributed by atoms with Crippen LogP contribution in [-0.4, -0.2) is 29.6 Å². The van der Waals surface area contributed by atoms with Gasteiger partial charge in [-0.1, -0.05) is 30.7 Å². The summed E-state index contributed by atoms with van der Waals surface area (Å²) in [5, 5.41) is 0. The highest BCUT2D eigenvalue weighted by Crippen LogP contribution is 2.25. The van der Waals surface area contributed by atoms with Crippen molar-refractivity contribution >= 4 is 0 Å². The zero-order valence-corrected chi connectivity index (χ0v) is 12.7. The van der Waals surface area contributed by atoms with E-state index >= 15 is 0 Å². The van der Waals surface area contributed by atoms with Crippen LogP contribution in [0.15, 0.2) is 24.3 Å². The molecule has 0 spiro atoms.